The second-order valence-electron chi connectivity index (χ2n) is 4.72. The van der Waals surface area contributed by atoms with Crippen molar-refractivity contribution in [3.63, 3.8) is 0 Å². The Kier molecular flexibility index (Phi) is 6.88. The quantitative estimate of drug-likeness (QED) is 0.246. The molecule has 0 radical (unpaired) electrons. The highest BCUT2D eigenvalue weighted by Crippen LogP contribution is 2.32. The van der Waals surface area contributed by atoms with Gasteiger partial charge >= 0.3 is 11.9 Å². The van der Waals surface area contributed by atoms with Crippen LogP contribution in [-0.2, 0) is 28.6 Å². The van der Waals surface area contributed by atoms with Gasteiger partial charge in [-0.05, 0) is 0 Å². The molecule has 0 aliphatic carbocycles. The molecule has 1 heterocycles. The summed E-state index contributed by atoms with van der Waals surface area (Å²) in [5.74, 6) is -3.00. The number of ether oxygens (including phenoxy) is 3. The smallest absolute Gasteiger partial charge is 0.303 e. The van der Waals surface area contributed by atoms with Crippen molar-refractivity contribution in [2.75, 3.05) is 6.54 Å². The highest BCUT2D eigenvalue weighted by molar-refractivity contribution is 6.76. The molecule has 1 unspecified atom stereocenters. The van der Waals surface area contributed by atoms with Crippen molar-refractivity contribution in [1.29, 1.82) is 5.41 Å². The fourth-order valence-corrected chi connectivity index (χ4v) is 2.15. The molecule has 1 fully saturated rings. The Morgan fingerprint density at radius 3 is 2.21 bits per heavy atom. The average Bonchev–Trinajstić information content (AvgIpc) is 2.64. The normalized spacial score (nSPS) is 23.6. The van der Waals surface area contributed by atoms with Gasteiger partial charge in [0.15, 0.2) is 0 Å². The summed E-state index contributed by atoms with van der Waals surface area (Å²) in [7, 11) is 0. The van der Waals surface area contributed by atoms with Gasteiger partial charge in [0.2, 0.25) is 24.3 Å². The molecule has 24 heavy (non-hydrogen) atoms. The van der Waals surface area contributed by atoms with E-state index in [9.17, 15) is 14.4 Å². The summed E-state index contributed by atoms with van der Waals surface area (Å²) in [6.07, 6.45) is -2.74. The van der Waals surface area contributed by atoms with Crippen LogP contribution in [0.5, 0.6) is 0 Å². The van der Waals surface area contributed by atoms with Gasteiger partial charge in [0, 0.05) is 20.4 Å². The Labute approximate surface area is 153 Å². The summed E-state index contributed by atoms with van der Waals surface area (Å²) in [6.45, 7) is 5.65. The third-order valence-corrected chi connectivity index (χ3v) is 3.34. The third-order valence-electron chi connectivity index (χ3n) is 2.83. The van der Waals surface area contributed by atoms with Crippen LogP contribution >= 0.6 is 34.8 Å². The molecule has 1 saturated heterocycles. The maximum Gasteiger partial charge on any atom is 0.303 e. The van der Waals surface area contributed by atoms with Crippen molar-refractivity contribution in [1.82, 2.24) is 4.90 Å². The Morgan fingerprint density at radius 2 is 1.79 bits per heavy atom. The van der Waals surface area contributed by atoms with Crippen LogP contribution < -0.4 is 0 Å². The van der Waals surface area contributed by atoms with Crippen LogP contribution in [0.2, 0.25) is 0 Å². The van der Waals surface area contributed by atoms with E-state index in [0.717, 1.165) is 18.7 Å². The summed E-state index contributed by atoms with van der Waals surface area (Å²) >= 11 is 16.7. The molecule has 8 nitrogen and oxygen atoms in total. The molecule has 0 spiro atoms. The monoisotopic (exact) mass is 400 g/mol. The minimum absolute atomic E-state index is 0.0355. The van der Waals surface area contributed by atoms with Crippen LogP contribution in [0.3, 0.4) is 0 Å². The number of alkyl halides is 3. The number of carbonyl (C=O) groups is 3. The van der Waals surface area contributed by atoms with Crippen LogP contribution in [0.25, 0.3) is 0 Å². The number of rotatable bonds is 5. The molecule has 1 amide bonds. The van der Waals surface area contributed by atoms with Crippen molar-refractivity contribution in [2.24, 2.45) is 0 Å². The van der Waals surface area contributed by atoms with Gasteiger partial charge in [-0.1, -0.05) is 40.9 Å². The average molecular weight is 402 g/mol. The molecule has 11 heteroatoms. The molecular weight excluding hydrogens is 387 g/mol. The SMILES string of the molecule is C=CCN1C(=O)[C@H](OC(C)=O)[C@@H](OC(C)=O)C1OC(=N)C(Cl)(Cl)Cl. The second kappa shape index (κ2) is 8.04. The van der Waals surface area contributed by atoms with Crippen molar-refractivity contribution in [2.45, 2.75) is 36.1 Å². The van der Waals surface area contributed by atoms with Crippen molar-refractivity contribution in [3.05, 3.63) is 12.7 Å². The number of amides is 1. The van der Waals surface area contributed by atoms with E-state index in [2.05, 4.69) is 6.58 Å². The summed E-state index contributed by atoms with van der Waals surface area (Å²) < 4.78 is 13.0. The zero-order chi connectivity index (χ0) is 18.7. The lowest BCUT2D eigenvalue weighted by Gasteiger charge is -2.28. The molecule has 0 aromatic rings. The maximum absolute atomic E-state index is 12.4. The van der Waals surface area contributed by atoms with Gasteiger partial charge in [0.05, 0.1) is 0 Å². The summed E-state index contributed by atoms with van der Waals surface area (Å²) in [5, 5.41) is 7.64. The van der Waals surface area contributed by atoms with Gasteiger partial charge in [-0.25, -0.2) is 0 Å². The lowest BCUT2D eigenvalue weighted by Crippen LogP contribution is -2.44. The number of nitrogens with one attached hydrogen (secondary N) is 1. The first-order valence-corrected chi connectivity index (χ1v) is 7.70. The molecule has 1 aliphatic rings. The second-order valence-corrected chi connectivity index (χ2v) is 7.00. The van der Waals surface area contributed by atoms with E-state index in [1.807, 2.05) is 0 Å². The Hall–Kier alpha value is -1.51. The first kappa shape index (κ1) is 20.5. The minimum atomic E-state index is -2.19. The van der Waals surface area contributed by atoms with Gasteiger partial charge < -0.3 is 14.2 Å². The van der Waals surface area contributed by atoms with Crippen LogP contribution in [-0.4, -0.2) is 57.4 Å². The number of carbonyl (C=O) groups excluding carboxylic acids is 3. The summed E-state index contributed by atoms with van der Waals surface area (Å²) in [6, 6.07) is 0. The molecule has 134 valence electrons. The van der Waals surface area contributed by atoms with E-state index in [1.54, 1.807) is 0 Å². The molecule has 1 aliphatic heterocycles. The summed E-state index contributed by atoms with van der Waals surface area (Å²) in [4.78, 5) is 36.0. The maximum atomic E-state index is 12.4. The van der Waals surface area contributed by atoms with Gasteiger partial charge in [0.1, 0.15) is 0 Å². The molecule has 0 aromatic heterocycles. The number of hydrogen-bond donors (Lipinski definition) is 1. The molecule has 0 aromatic carbocycles. The number of likely N-dealkylation sites (tertiary alicyclic amines) is 1. The first-order chi connectivity index (χ1) is 11.0. The van der Waals surface area contributed by atoms with Crippen LogP contribution in [0.4, 0.5) is 0 Å². The third kappa shape index (κ3) is 4.99. The lowest BCUT2D eigenvalue weighted by atomic mass is 10.2. The fourth-order valence-electron chi connectivity index (χ4n) is 2.02. The summed E-state index contributed by atoms with van der Waals surface area (Å²) in [5.41, 5.74) is 0. The van der Waals surface area contributed by atoms with E-state index in [4.69, 9.17) is 54.4 Å². The Morgan fingerprint density at radius 1 is 1.25 bits per heavy atom. The van der Waals surface area contributed by atoms with Crippen molar-refractivity contribution < 1.29 is 28.6 Å². The van der Waals surface area contributed by atoms with Gasteiger partial charge in [0.25, 0.3) is 9.70 Å². The number of esters is 2. The van der Waals surface area contributed by atoms with E-state index in [0.29, 0.717) is 0 Å². The highest BCUT2D eigenvalue weighted by atomic mass is 35.6. The Balaban J connectivity index is 3.20. The van der Waals surface area contributed by atoms with Gasteiger partial charge in [-0.2, -0.15) is 0 Å². The van der Waals surface area contributed by atoms with Crippen molar-refractivity contribution >= 4 is 58.5 Å². The molecule has 1 N–H and O–H groups in total. The van der Waals surface area contributed by atoms with E-state index < -0.39 is 46.0 Å². The predicted octanol–water partition coefficient (Wildman–Crippen LogP) is 1.57. The highest BCUT2D eigenvalue weighted by Gasteiger charge is 2.54. The molecule has 3 atom stereocenters. The first-order valence-electron chi connectivity index (χ1n) is 6.57. The number of nitrogens with zero attached hydrogens (tertiary/aromatic N) is 1. The van der Waals surface area contributed by atoms with Crippen LogP contribution in [0, 0.1) is 5.41 Å². The zero-order valence-corrected chi connectivity index (χ0v) is 15.0. The van der Waals surface area contributed by atoms with Crippen LogP contribution in [0.15, 0.2) is 12.7 Å². The fraction of sp³-hybridized carbons (Fsp3) is 0.538. The van der Waals surface area contributed by atoms with E-state index in [-0.39, 0.29) is 6.54 Å². The van der Waals surface area contributed by atoms with E-state index >= 15 is 0 Å². The standard InChI is InChI=1S/C13H15Cl3N2O6/c1-4-5-18-10(21)8(22-6(2)19)9(23-7(3)20)11(18)24-12(17)13(14,15)16/h4,8-9,11,17H,1,5H2,2-3H3/t8-,9-,11?/m1/s1. The molecule has 0 bridgehead atoms. The van der Waals surface area contributed by atoms with Crippen LogP contribution in [0.1, 0.15) is 13.8 Å². The largest absolute Gasteiger partial charge is 0.452 e. The molecule has 0 saturated carbocycles. The van der Waals surface area contributed by atoms with Gasteiger partial charge in [-0.3, -0.25) is 24.7 Å². The minimum Gasteiger partial charge on any atom is -0.452 e. The van der Waals surface area contributed by atoms with Gasteiger partial charge in [-0.15, -0.1) is 6.58 Å². The predicted molar refractivity (Wildman–Crippen MR) is 85.9 cm³/mol. The lowest BCUT2D eigenvalue weighted by molar-refractivity contribution is -0.169. The molecule has 1 rings (SSSR count). The number of hydrogen-bond acceptors (Lipinski definition) is 7. The number of halogens is 3. The van der Waals surface area contributed by atoms with Crippen molar-refractivity contribution in [3.8, 4) is 0 Å². The zero-order valence-electron chi connectivity index (χ0n) is 12.8. The van der Waals surface area contributed by atoms with E-state index in [1.165, 1.54) is 6.08 Å². The molecular formula is C13H15Cl3N2O6. The topological polar surface area (TPSA) is 106 Å². The Bertz CT molecular complexity index is 562.